The maximum atomic E-state index is 17.3. The number of hydrogen-bond acceptors (Lipinski definition) is 10. The number of aliphatic hydroxyl groups is 1. The zero-order valence-corrected chi connectivity index (χ0v) is 37.8. The monoisotopic (exact) mass is 847 g/mol. The first-order chi connectivity index (χ1) is 25.6. The average molecular weight is 849 g/mol. The SMILES string of the molecule is CCCCOc1noc2c1C(=O)[C@@]1(O[Si](C)(C)C(C)(C)C)C(O)=C3C(=O)c4c(c(F)c(C(C)(C)NCC(C)C)c(Br)c4OCCCC)C[C@H]3C[C@H]1[C@@H]2N(C)C. The number of allylic oxidation sites excluding steroid dienone is 1. The van der Waals surface area contributed by atoms with Crippen LogP contribution in [0.3, 0.4) is 0 Å². The second kappa shape index (κ2) is 16.0. The molecule has 0 radical (unpaired) electrons. The van der Waals surface area contributed by atoms with Crippen molar-refractivity contribution >= 4 is 35.8 Å². The summed E-state index contributed by atoms with van der Waals surface area (Å²) in [5.41, 5.74) is -1.88. The maximum Gasteiger partial charge on any atom is 0.265 e. The topological polar surface area (TPSA) is 123 Å². The van der Waals surface area contributed by atoms with Gasteiger partial charge in [0.15, 0.2) is 25.5 Å². The number of Topliss-reactive ketones (excluding diaryl/α,β-unsaturated/α-hetero) is 2. The summed E-state index contributed by atoms with van der Waals surface area (Å²) in [6.45, 7) is 23.7. The quantitative estimate of drug-likeness (QED) is 0.132. The van der Waals surface area contributed by atoms with Gasteiger partial charge in [-0.1, -0.05) is 61.3 Å². The number of carbonyl (C=O) groups excluding carboxylic acids is 2. The number of nitrogens with zero attached hydrogens (tertiary/aromatic N) is 2. The first-order valence-electron chi connectivity index (χ1n) is 20.0. The summed E-state index contributed by atoms with van der Waals surface area (Å²) in [6, 6.07) is -0.592. The van der Waals surface area contributed by atoms with E-state index in [4.69, 9.17) is 18.4 Å². The Kier molecular flexibility index (Phi) is 12.7. The summed E-state index contributed by atoms with van der Waals surface area (Å²) in [5.74, 6) is -2.38. The number of carbonyl (C=O) groups is 2. The third kappa shape index (κ3) is 7.50. The maximum absolute atomic E-state index is 17.3. The molecular formula is C42H63BrFN3O7Si. The van der Waals surface area contributed by atoms with Crippen molar-refractivity contribution in [1.29, 1.82) is 0 Å². The molecule has 10 nitrogen and oxygen atoms in total. The second-order valence-corrected chi connectivity index (χ2v) is 23.9. The van der Waals surface area contributed by atoms with Gasteiger partial charge in [-0.15, -0.1) is 0 Å². The van der Waals surface area contributed by atoms with Crippen LogP contribution in [0.15, 0.2) is 20.3 Å². The molecule has 306 valence electrons. The molecular weight excluding hydrogens is 785 g/mol. The minimum atomic E-state index is -2.89. The molecule has 3 aliphatic rings. The third-order valence-corrected chi connectivity index (χ3v) is 17.4. The number of ketones is 2. The number of benzene rings is 1. The molecule has 1 aromatic heterocycles. The van der Waals surface area contributed by atoms with Crippen LogP contribution in [0, 0.1) is 23.6 Å². The number of nitrogens with one attached hydrogen (secondary N) is 1. The van der Waals surface area contributed by atoms with Crippen molar-refractivity contribution in [1.82, 2.24) is 15.4 Å². The fraction of sp³-hybridized carbons (Fsp3) is 0.690. The molecule has 1 aromatic carbocycles. The number of fused-ring (bicyclic) bond motifs is 4. The van der Waals surface area contributed by atoms with E-state index in [0.717, 1.165) is 25.7 Å². The van der Waals surface area contributed by atoms with Gasteiger partial charge in [-0.05, 0) is 111 Å². The molecule has 13 heteroatoms. The summed E-state index contributed by atoms with van der Waals surface area (Å²) in [5, 5.41) is 20.3. The third-order valence-electron chi connectivity index (χ3n) is 12.2. The fourth-order valence-corrected chi connectivity index (χ4v) is 10.6. The number of unbranched alkanes of at least 4 members (excludes halogenated alkanes) is 2. The number of aromatic nitrogens is 1. The Bertz CT molecular complexity index is 1830. The smallest absolute Gasteiger partial charge is 0.265 e. The van der Waals surface area contributed by atoms with Crippen molar-refractivity contribution in [3.8, 4) is 11.6 Å². The van der Waals surface area contributed by atoms with Crippen LogP contribution in [0.1, 0.15) is 138 Å². The lowest BCUT2D eigenvalue weighted by Crippen LogP contribution is -2.65. The summed E-state index contributed by atoms with van der Waals surface area (Å²) in [6.07, 6.45) is 3.56. The molecule has 2 N–H and O–H groups in total. The van der Waals surface area contributed by atoms with Gasteiger partial charge in [0.1, 0.15) is 22.9 Å². The Balaban J connectivity index is 1.81. The highest BCUT2D eigenvalue weighted by molar-refractivity contribution is 9.10. The highest BCUT2D eigenvalue weighted by Crippen LogP contribution is 2.60. The zero-order chi connectivity index (χ0) is 41.0. The van der Waals surface area contributed by atoms with Crippen LogP contribution in [-0.4, -0.2) is 74.5 Å². The first kappa shape index (κ1) is 43.5. The second-order valence-electron chi connectivity index (χ2n) is 18.4. The average Bonchev–Trinajstić information content (AvgIpc) is 3.49. The molecule has 55 heavy (non-hydrogen) atoms. The van der Waals surface area contributed by atoms with Crippen molar-refractivity contribution in [2.75, 3.05) is 33.9 Å². The minimum Gasteiger partial charge on any atom is -0.508 e. The zero-order valence-electron chi connectivity index (χ0n) is 35.2. The summed E-state index contributed by atoms with van der Waals surface area (Å²) < 4.78 is 43.3. The Morgan fingerprint density at radius 1 is 1.07 bits per heavy atom. The molecule has 1 heterocycles. The summed E-state index contributed by atoms with van der Waals surface area (Å²) >= 11 is 3.70. The highest BCUT2D eigenvalue weighted by atomic mass is 79.9. The number of halogens is 2. The molecule has 0 spiro atoms. The molecule has 0 aliphatic heterocycles. The lowest BCUT2D eigenvalue weighted by molar-refractivity contribution is -0.0481. The van der Waals surface area contributed by atoms with Crippen LogP contribution < -0.4 is 14.8 Å². The first-order valence-corrected chi connectivity index (χ1v) is 23.7. The summed E-state index contributed by atoms with van der Waals surface area (Å²) in [4.78, 5) is 32.6. The molecule has 3 aliphatic carbocycles. The van der Waals surface area contributed by atoms with E-state index in [2.05, 4.69) is 61.0 Å². The van der Waals surface area contributed by atoms with Crippen molar-refractivity contribution in [3.05, 3.63) is 49.6 Å². The van der Waals surface area contributed by atoms with E-state index >= 15 is 14.0 Å². The van der Waals surface area contributed by atoms with E-state index < -0.39 is 60.5 Å². The fourth-order valence-electron chi connectivity index (χ4n) is 8.14. The van der Waals surface area contributed by atoms with Gasteiger partial charge in [-0.2, -0.15) is 0 Å². The van der Waals surface area contributed by atoms with Gasteiger partial charge in [-0.25, -0.2) is 4.39 Å². The lowest BCUT2D eigenvalue weighted by atomic mass is 9.58. The predicted molar refractivity (Wildman–Crippen MR) is 218 cm³/mol. The van der Waals surface area contributed by atoms with E-state index in [0.29, 0.717) is 41.5 Å². The molecule has 0 saturated heterocycles. The van der Waals surface area contributed by atoms with Crippen molar-refractivity contribution in [3.63, 3.8) is 0 Å². The van der Waals surface area contributed by atoms with E-state index in [1.54, 1.807) is 0 Å². The van der Waals surface area contributed by atoms with Gasteiger partial charge in [0.2, 0.25) is 5.78 Å². The van der Waals surface area contributed by atoms with E-state index in [-0.39, 0.29) is 51.8 Å². The van der Waals surface area contributed by atoms with E-state index in [9.17, 15) is 5.11 Å². The molecule has 0 fully saturated rings. The number of aliphatic hydroxyl groups excluding tert-OH is 1. The van der Waals surface area contributed by atoms with Gasteiger partial charge >= 0.3 is 0 Å². The van der Waals surface area contributed by atoms with E-state index in [1.165, 1.54) is 0 Å². The molecule has 2 aromatic rings. The molecule has 0 unspecified atom stereocenters. The largest absolute Gasteiger partial charge is 0.508 e. The minimum absolute atomic E-state index is 0.0519. The standard InChI is InChI=1S/C42H63BrFN3O7Si/c1-14-16-18-51-35-28-25(32(44)30(31(35)43)41(8,9)45-22-23(3)4)20-24-21-26-33(47(10)11)36-29(39(46-53-36)52-19-17-15-2)38(50)42(26,37(49)27(24)34(28)48)54-55(12,13)40(5,6)7/h23-24,26,33,45,49H,14-22H2,1-13H3/t24-,26-,33-,42-/m0/s1. The van der Waals surface area contributed by atoms with Crippen LogP contribution in [0.5, 0.6) is 11.6 Å². The Labute approximate surface area is 336 Å². The van der Waals surface area contributed by atoms with Gasteiger partial charge in [0.05, 0.1) is 29.3 Å². The molecule has 5 rings (SSSR count). The Hall–Kier alpha value is -2.58. The van der Waals surface area contributed by atoms with Crippen molar-refractivity contribution < 1.29 is 37.5 Å². The predicted octanol–water partition coefficient (Wildman–Crippen LogP) is 9.86. The molecule has 4 atom stereocenters. The van der Waals surface area contributed by atoms with Gasteiger partial charge in [0.25, 0.3) is 5.88 Å². The van der Waals surface area contributed by atoms with Crippen LogP contribution in [-0.2, 0) is 16.4 Å². The highest BCUT2D eigenvalue weighted by Gasteiger charge is 2.67. The number of ether oxygens (including phenoxy) is 2. The normalized spacial score (nSPS) is 22.9. The van der Waals surface area contributed by atoms with Crippen LogP contribution in [0.25, 0.3) is 0 Å². The number of hydrogen-bond donors (Lipinski definition) is 2. The van der Waals surface area contributed by atoms with Gasteiger partial charge < -0.3 is 28.8 Å². The van der Waals surface area contributed by atoms with Crippen molar-refractivity contribution in [2.24, 2.45) is 17.8 Å². The molecule has 0 saturated carbocycles. The van der Waals surface area contributed by atoms with Crippen LogP contribution in [0.4, 0.5) is 4.39 Å². The van der Waals surface area contributed by atoms with Crippen LogP contribution in [0.2, 0.25) is 18.1 Å². The van der Waals surface area contributed by atoms with Crippen molar-refractivity contribution in [2.45, 2.75) is 136 Å². The Morgan fingerprint density at radius 3 is 2.25 bits per heavy atom. The summed E-state index contributed by atoms with van der Waals surface area (Å²) in [7, 11) is 0.879. The van der Waals surface area contributed by atoms with Crippen LogP contribution >= 0.6 is 15.9 Å². The molecule has 0 bridgehead atoms. The lowest BCUT2D eigenvalue weighted by Gasteiger charge is -2.55. The Morgan fingerprint density at radius 2 is 1.69 bits per heavy atom. The number of rotatable bonds is 15. The van der Waals surface area contributed by atoms with Gasteiger partial charge in [-0.3, -0.25) is 14.5 Å². The molecule has 0 amide bonds. The van der Waals surface area contributed by atoms with Gasteiger partial charge in [0, 0.05) is 28.2 Å². The van der Waals surface area contributed by atoms with E-state index in [1.807, 2.05) is 59.8 Å².